The van der Waals surface area contributed by atoms with E-state index in [1.165, 1.54) is 11.3 Å². The second-order valence-corrected chi connectivity index (χ2v) is 6.97. The molecule has 0 aliphatic heterocycles. The number of para-hydroxylation sites is 1. The molecule has 0 spiro atoms. The van der Waals surface area contributed by atoms with Gasteiger partial charge in [0.15, 0.2) is 5.96 Å². The van der Waals surface area contributed by atoms with Crippen LogP contribution in [0.3, 0.4) is 0 Å². The van der Waals surface area contributed by atoms with E-state index in [0.29, 0.717) is 6.54 Å². The van der Waals surface area contributed by atoms with E-state index >= 15 is 0 Å². The number of rotatable bonds is 6. The molecule has 0 saturated heterocycles. The van der Waals surface area contributed by atoms with Crippen molar-refractivity contribution in [1.29, 1.82) is 0 Å². The lowest BCUT2D eigenvalue weighted by molar-refractivity contribution is 0.550. The van der Waals surface area contributed by atoms with E-state index < -0.39 is 0 Å². The SMILES string of the molecule is CCNC(=NCc1cc2ccccc2o1)NC(C)Cc1c(C)nn(C)c1C. The first-order chi connectivity index (χ1) is 13.0. The average molecular weight is 367 g/mol. The largest absolute Gasteiger partial charge is 0.459 e. The van der Waals surface area contributed by atoms with Crippen LogP contribution >= 0.6 is 0 Å². The van der Waals surface area contributed by atoms with Crippen molar-refractivity contribution in [2.75, 3.05) is 6.54 Å². The number of nitrogens with one attached hydrogen (secondary N) is 2. The van der Waals surface area contributed by atoms with Crippen LogP contribution in [-0.4, -0.2) is 28.3 Å². The first kappa shape index (κ1) is 19.0. The summed E-state index contributed by atoms with van der Waals surface area (Å²) in [5.41, 5.74) is 4.50. The maximum atomic E-state index is 5.86. The van der Waals surface area contributed by atoms with Crippen molar-refractivity contribution in [2.45, 2.75) is 46.7 Å². The Bertz CT molecular complexity index is 904. The molecule has 0 saturated carbocycles. The van der Waals surface area contributed by atoms with Gasteiger partial charge in [0.05, 0.1) is 5.69 Å². The van der Waals surface area contributed by atoms with Crippen LogP contribution in [0.25, 0.3) is 11.0 Å². The Labute approximate surface area is 160 Å². The van der Waals surface area contributed by atoms with E-state index in [2.05, 4.69) is 49.5 Å². The first-order valence-electron chi connectivity index (χ1n) is 9.49. The Hall–Kier alpha value is -2.76. The zero-order chi connectivity index (χ0) is 19.4. The molecule has 6 nitrogen and oxygen atoms in total. The van der Waals surface area contributed by atoms with Crippen molar-refractivity contribution in [3.05, 3.63) is 53.0 Å². The molecular weight excluding hydrogens is 338 g/mol. The maximum absolute atomic E-state index is 5.86. The second-order valence-electron chi connectivity index (χ2n) is 6.97. The van der Waals surface area contributed by atoms with Crippen molar-refractivity contribution in [1.82, 2.24) is 20.4 Å². The fourth-order valence-corrected chi connectivity index (χ4v) is 3.30. The standard InChI is InChI=1S/C21H29N5O/c1-6-22-21(23-13-18-12-17-9-7-8-10-20(17)27-18)24-14(2)11-19-15(3)25-26(5)16(19)4/h7-10,12,14H,6,11,13H2,1-5H3,(H2,22,23,24). The highest BCUT2D eigenvalue weighted by Crippen LogP contribution is 2.19. The molecule has 6 heteroatoms. The summed E-state index contributed by atoms with van der Waals surface area (Å²) in [7, 11) is 1.99. The topological polar surface area (TPSA) is 67.4 Å². The molecule has 2 aromatic heterocycles. The molecule has 1 aromatic carbocycles. The first-order valence-corrected chi connectivity index (χ1v) is 9.49. The lowest BCUT2D eigenvalue weighted by Crippen LogP contribution is -2.43. The third-order valence-corrected chi connectivity index (χ3v) is 4.77. The van der Waals surface area contributed by atoms with Gasteiger partial charge in [0.2, 0.25) is 0 Å². The zero-order valence-electron chi connectivity index (χ0n) is 16.8. The van der Waals surface area contributed by atoms with Crippen LogP contribution in [0.2, 0.25) is 0 Å². The van der Waals surface area contributed by atoms with E-state index in [0.717, 1.165) is 41.3 Å². The molecule has 0 bridgehead atoms. The Balaban J connectivity index is 1.67. The van der Waals surface area contributed by atoms with Crippen LogP contribution in [0.5, 0.6) is 0 Å². The summed E-state index contributed by atoms with van der Waals surface area (Å²) in [5, 5.41) is 12.4. The third kappa shape index (κ3) is 4.51. The van der Waals surface area contributed by atoms with Gasteiger partial charge in [0.25, 0.3) is 0 Å². The number of guanidine groups is 1. The lowest BCUT2D eigenvalue weighted by Gasteiger charge is -2.18. The van der Waals surface area contributed by atoms with Gasteiger partial charge in [-0.2, -0.15) is 5.10 Å². The minimum atomic E-state index is 0.236. The molecule has 2 heterocycles. The summed E-state index contributed by atoms with van der Waals surface area (Å²) in [6.07, 6.45) is 0.903. The molecule has 144 valence electrons. The normalized spacial score (nSPS) is 13.1. The third-order valence-electron chi connectivity index (χ3n) is 4.77. The van der Waals surface area contributed by atoms with Crippen LogP contribution < -0.4 is 10.6 Å². The van der Waals surface area contributed by atoms with Gasteiger partial charge in [0.1, 0.15) is 17.9 Å². The molecule has 0 fully saturated rings. The van der Waals surface area contributed by atoms with E-state index in [1.54, 1.807) is 0 Å². The van der Waals surface area contributed by atoms with E-state index in [9.17, 15) is 0 Å². The molecule has 27 heavy (non-hydrogen) atoms. The number of aromatic nitrogens is 2. The predicted molar refractivity (Wildman–Crippen MR) is 110 cm³/mol. The lowest BCUT2D eigenvalue weighted by atomic mass is 10.1. The number of fused-ring (bicyclic) bond motifs is 1. The number of aliphatic imine (C=N–C) groups is 1. The zero-order valence-corrected chi connectivity index (χ0v) is 16.8. The minimum absolute atomic E-state index is 0.236. The highest BCUT2D eigenvalue weighted by molar-refractivity contribution is 5.80. The number of hydrogen-bond acceptors (Lipinski definition) is 3. The number of nitrogens with zero attached hydrogens (tertiary/aromatic N) is 3. The van der Waals surface area contributed by atoms with Crippen LogP contribution in [0.4, 0.5) is 0 Å². The van der Waals surface area contributed by atoms with Crippen molar-refractivity contribution in [2.24, 2.45) is 12.0 Å². The molecule has 0 radical (unpaired) electrons. The van der Waals surface area contributed by atoms with Crippen LogP contribution in [-0.2, 0) is 20.0 Å². The van der Waals surface area contributed by atoms with Gasteiger partial charge in [-0.05, 0) is 51.8 Å². The highest BCUT2D eigenvalue weighted by Gasteiger charge is 2.14. The smallest absolute Gasteiger partial charge is 0.191 e. The summed E-state index contributed by atoms with van der Waals surface area (Å²) in [6.45, 7) is 9.72. The summed E-state index contributed by atoms with van der Waals surface area (Å²) >= 11 is 0. The Morgan fingerprint density at radius 3 is 2.74 bits per heavy atom. The summed E-state index contributed by atoms with van der Waals surface area (Å²) in [6, 6.07) is 10.3. The molecule has 1 unspecified atom stereocenters. The minimum Gasteiger partial charge on any atom is -0.459 e. The molecule has 0 aliphatic rings. The van der Waals surface area contributed by atoms with Crippen LogP contribution in [0.1, 0.15) is 36.6 Å². The van der Waals surface area contributed by atoms with E-state index in [4.69, 9.17) is 9.41 Å². The molecular formula is C21H29N5O. The van der Waals surface area contributed by atoms with Gasteiger partial charge in [-0.25, -0.2) is 4.99 Å². The molecule has 3 rings (SSSR count). The van der Waals surface area contributed by atoms with Crippen LogP contribution in [0.15, 0.2) is 39.7 Å². The van der Waals surface area contributed by atoms with Gasteiger partial charge in [0, 0.05) is 30.7 Å². The van der Waals surface area contributed by atoms with Gasteiger partial charge >= 0.3 is 0 Å². The maximum Gasteiger partial charge on any atom is 0.191 e. The monoisotopic (exact) mass is 367 g/mol. The van der Waals surface area contributed by atoms with Gasteiger partial charge in [-0.15, -0.1) is 0 Å². The second kappa shape index (κ2) is 8.29. The van der Waals surface area contributed by atoms with Crippen LogP contribution in [0, 0.1) is 13.8 Å². The Morgan fingerprint density at radius 1 is 1.30 bits per heavy atom. The Kier molecular flexibility index (Phi) is 5.84. The fraction of sp³-hybridized carbons (Fsp3) is 0.429. The highest BCUT2D eigenvalue weighted by atomic mass is 16.3. The quantitative estimate of drug-likeness (QED) is 0.517. The van der Waals surface area contributed by atoms with Crippen molar-refractivity contribution in [3.8, 4) is 0 Å². The van der Waals surface area contributed by atoms with Crippen molar-refractivity contribution >= 4 is 16.9 Å². The molecule has 1 atom stereocenters. The van der Waals surface area contributed by atoms with E-state index in [-0.39, 0.29) is 6.04 Å². The van der Waals surface area contributed by atoms with Crippen molar-refractivity contribution < 1.29 is 4.42 Å². The predicted octanol–water partition coefficient (Wildman–Crippen LogP) is 3.47. The van der Waals surface area contributed by atoms with Gasteiger partial charge in [-0.3, -0.25) is 4.68 Å². The molecule has 0 amide bonds. The number of furan rings is 1. The number of hydrogen-bond donors (Lipinski definition) is 2. The summed E-state index contributed by atoms with van der Waals surface area (Å²) < 4.78 is 7.80. The summed E-state index contributed by atoms with van der Waals surface area (Å²) in [5.74, 6) is 1.66. The van der Waals surface area contributed by atoms with Gasteiger partial charge < -0.3 is 15.1 Å². The molecule has 3 aromatic rings. The molecule has 2 N–H and O–H groups in total. The summed E-state index contributed by atoms with van der Waals surface area (Å²) in [4.78, 5) is 4.69. The average Bonchev–Trinajstić information content (AvgIpc) is 3.15. The fourth-order valence-electron chi connectivity index (χ4n) is 3.30. The van der Waals surface area contributed by atoms with Crippen molar-refractivity contribution in [3.63, 3.8) is 0 Å². The number of benzene rings is 1. The van der Waals surface area contributed by atoms with E-state index in [1.807, 2.05) is 36.0 Å². The number of aryl methyl sites for hydroxylation is 2. The Morgan fingerprint density at radius 2 is 2.07 bits per heavy atom. The van der Waals surface area contributed by atoms with Gasteiger partial charge in [-0.1, -0.05) is 18.2 Å². The molecule has 0 aliphatic carbocycles.